The fourth-order valence-electron chi connectivity index (χ4n) is 1.89. The molecule has 0 aliphatic carbocycles. The van der Waals surface area contributed by atoms with Crippen LogP contribution in [0, 0.1) is 0 Å². The van der Waals surface area contributed by atoms with Crippen molar-refractivity contribution in [2.24, 2.45) is 0 Å². The number of hydrogen-bond acceptors (Lipinski definition) is 6. The van der Waals surface area contributed by atoms with Crippen molar-refractivity contribution in [3.05, 3.63) is 59.1 Å². The van der Waals surface area contributed by atoms with Crippen LogP contribution in [0.3, 0.4) is 0 Å². The van der Waals surface area contributed by atoms with Gasteiger partial charge < -0.3 is 16.4 Å². The van der Waals surface area contributed by atoms with Crippen LogP contribution in [0.2, 0.25) is 10.0 Å². The molecule has 0 saturated carbocycles. The summed E-state index contributed by atoms with van der Waals surface area (Å²) in [5, 5.41) is 7.21. The molecular weight excluding hydrogens is 335 g/mol. The van der Waals surface area contributed by atoms with Crippen molar-refractivity contribution in [3.63, 3.8) is 0 Å². The molecule has 0 radical (unpaired) electrons. The summed E-state index contributed by atoms with van der Waals surface area (Å²) in [5.74, 6) is 0.930. The number of anilines is 5. The summed E-state index contributed by atoms with van der Waals surface area (Å²) in [5.41, 5.74) is 7.96. The third kappa shape index (κ3) is 3.61. The minimum Gasteiger partial charge on any atom is -0.393 e. The number of nitrogens with two attached hydrogens (primary N) is 1. The largest absolute Gasteiger partial charge is 0.393 e. The summed E-state index contributed by atoms with van der Waals surface area (Å²) in [7, 11) is 0. The maximum Gasteiger partial charge on any atom is 0.159 e. The van der Waals surface area contributed by atoms with Crippen molar-refractivity contribution in [2.75, 3.05) is 16.4 Å². The Morgan fingerprint density at radius 3 is 2.30 bits per heavy atom. The molecule has 0 aliphatic heterocycles. The van der Waals surface area contributed by atoms with E-state index in [1.165, 1.54) is 6.33 Å². The van der Waals surface area contributed by atoms with Crippen molar-refractivity contribution in [1.29, 1.82) is 0 Å². The van der Waals surface area contributed by atoms with Gasteiger partial charge in [0.15, 0.2) is 11.6 Å². The molecule has 23 heavy (non-hydrogen) atoms. The lowest BCUT2D eigenvalue weighted by Crippen LogP contribution is -2.05. The Morgan fingerprint density at radius 2 is 1.61 bits per heavy atom. The molecule has 2 heterocycles. The maximum atomic E-state index is 6.15. The molecule has 8 heteroatoms. The molecule has 1 aromatic carbocycles. The molecule has 0 fully saturated rings. The lowest BCUT2D eigenvalue weighted by molar-refractivity contribution is 1.17. The van der Waals surface area contributed by atoms with Gasteiger partial charge in [-0.3, -0.25) is 4.98 Å². The Bertz CT molecular complexity index is 825. The number of nitrogens with one attached hydrogen (secondary N) is 2. The fourth-order valence-corrected chi connectivity index (χ4v) is 2.34. The van der Waals surface area contributed by atoms with Gasteiger partial charge in [0.1, 0.15) is 12.0 Å². The van der Waals surface area contributed by atoms with Crippen molar-refractivity contribution in [1.82, 2.24) is 15.0 Å². The molecule has 3 aromatic rings. The summed E-state index contributed by atoms with van der Waals surface area (Å²) < 4.78 is 0. The predicted molar refractivity (Wildman–Crippen MR) is 93.7 cm³/mol. The van der Waals surface area contributed by atoms with Gasteiger partial charge in [-0.05, 0) is 30.3 Å². The van der Waals surface area contributed by atoms with Crippen molar-refractivity contribution in [2.45, 2.75) is 0 Å². The van der Waals surface area contributed by atoms with Crippen LogP contribution in [0.15, 0.2) is 49.1 Å². The van der Waals surface area contributed by atoms with Gasteiger partial charge in [-0.1, -0.05) is 23.2 Å². The maximum absolute atomic E-state index is 6.15. The first-order valence-corrected chi connectivity index (χ1v) is 7.38. The normalized spacial score (nSPS) is 10.3. The Hall–Kier alpha value is -2.57. The SMILES string of the molecule is Nc1c(Nc2ccncc2)ncnc1Nc1ccc(Cl)cc1Cl. The van der Waals surface area contributed by atoms with Gasteiger partial charge in [-0.15, -0.1) is 0 Å². The highest BCUT2D eigenvalue weighted by Crippen LogP contribution is 2.32. The van der Waals surface area contributed by atoms with E-state index in [2.05, 4.69) is 25.6 Å². The second-order valence-electron chi connectivity index (χ2n) is 4.59. The monoisotopic (exact) mass is 346 g/mol. The number of nitrogen functional groups attached to an aromatic ring is 1. The number of benzene rings is 1. The minimum atomic E-state index is 0.371. The van der Waals surface area contributed by atoms with Gasteiger partial charge in [0.05, 0.1) is 10.7 Å². The number of halogens is 2. The Kier molecular flexibility index (Phi) is 4.45. The molecule has 0 amide bonds. The van der Waals surface area contributed by atoms with E-state index in [9.17, 15) is 0 Å². The van der Waals surface area contributed by atoms with E-state index in [4.69, 9.17) is 28.9 Å². The zero-order valence-electron chi connectivity index (χ0n) is 11.8. The Balaban J connectivity index is 1.87. The summed E-state index contributed by atoms with van der Waals surface area (Å²) in [6, 6.07) is 8.74. The Morgan fingerprint density at radius 1 is 0.913 bits per heavy atom. The molecule has 0 saturated heterocycles. The second kappa shape index (κ2) is 6.68. The molecule has 116 valence electrons. The van der Waals surface area contributed by atoms with Gasteiger partial charge >= 0.3 is 0 Å². The first-order chi connectivity index (χ1) is 11.1. The number of rotatable bonds is 4. The lowest BCUT2D eigenvalue weighted by Gasteiger charge is -2.13. The van der Waals surface area contributed by atoms with Crippen molar-refractivity contribution < 1.29 is 0 Å². The van der Waals surface area contributed by atoms with Crippen molar-refractivity contribution in [3.8, 4) is 0 Å². The first kappa shape index (κ1) is 15.3. The van der Waals surface area contributed by atoms with Crippen LogP contribution in [0.1, 0.15) is 0 Å². The van der Waals surface area contributed by atoms with E-state index >= 15 is 0 Å². The molecular formula is C15H12Cl2N6. The fraction of sp³-hybridized carbons (Fsp3) is 0. The highest BCUT2D eigenvalue weighted by Gasteiger charge is 2.10. The molecule has 4 N–H and O–H groups in total. The average Bonchev–Trinajstić information content (AvgIpc) is 2.54. The quantitative estimate of drug-likeness (QED) is 0.654. The van der Waals surface area contributed by atoms with Crippen LogP contribution in [0.4, 0.5) is 28.7 Å². The number of aromatic nitrogens is 3. The summed E-state index contributed by atoms with van der Waals surface area (Å²) in [6.07, 6.45) is 4.75. The van der Waals surface area contributed by atoms with Gasteiger partial charge in [0, 0.05) is 23.1 Å². The summed E-state index contributed by atoms with van der Waals surface area (Å²) in [4.78, 5) is 12.3. The third-order valence-corrected chi connectivity index (χ3v) is 3.56. The highest BCUT2D eigenvalue weighted by atomic mass is 35.5. The highest BCUT2D eigenvalue weighted by molar-refractivity contribution is 6.36. The number of hydrogen-bond donors (Lipinski definition) is 3. The van der Waals surface area contributed by atoms with Gasteiger partial charge in [0.25, 0.3) is 0 Å². The summed E-state index contributed by atoms with van der Waals surface area (Å²) >= 11 is 12.0. The number of pyridine rings is 1. The molecule has 0 atom stereocenters. The molecule has 6 nitrogen and oxygen atoms in total. The zero-order valence-corrected chi connectivity index (χ0v) is 13.3. The smallest absolute Gasteiger partial charge is 0.159 e. The predicted octanol–water partition coefficient (Wildman–Crippen LogP) is 4.25. The van der Waals surface area contributed by atoms with Crippen LogP contribution in [-0.4, -0.2) is 15.0 Å². The van der Waals surface area contributed by atoms with E-state index in [0.717, 1.165) is 5.69 Å². The average molecular weight is 347 g/mol. The van der Waals surface area contributed by atoms with E-state index in [-0.39, 0.29) is 0 Å². The molecule has 0 aliphatic rings. The topological polar surface area (TPSA) is 88.8 Å². The van der Waals surface area contributed by atoms with Crippen LogP contribution >= 0.6 is 23.2 Å². The standard InChI is InChI=1S/C15H12Cl2N6/c16-9-1-2-12(11(17)7-9)23-15-13(18)14(20-8-21-15)22-10-3-5-19-6-4-10/h1-8H,18H2,(H2,19,20,21,22,23). The van der Waals surface area contributed by atoms with E-state index < -0.39 is 0 Å². The van der Waals surface area contributed by atoms with Crippen molar-refractivity contribution >= 4 is 51.9 Å². The van der Waals surface area contributed by atoms with Gasteiger partial charge in [-0.25, -0.2) is 9.97 Å². The zero-order chi connectivity index (χ0) is 16.2. The lowest BCUT2D eigenvalue weighted by atomic mass is 10.3. The van der Waals surface area contributed by atoms with Gasteiger partial charge in [-0.2, -0.15) is 0 Å². The third-order valence-electron chi connectivity index (χ3n) is 3.01. The molecule has 2 aromatic heterocycles. The molecule has 0 bridgehead atoms. The van der Waals surface area contributed by atoms with Crippen LogP contribution in [-0.2, 0) is 0 Å². The van der Waals surface area contributed by atoms with Crippen LogP contribution < -0.4 is 16.4 Å². The van der Waals surface area contributed by atoms with E-state index in [0.29, 0.717) is 33.1 Å². The van der Waals surface area contributed by atoms with E-state index in [1.807, 2.05) is 12.1 Å². The minimum absolute atomic E-state index is 0.371. The molecule has 3 rings (SSSR count). The van der Waals surface area contributed by atoms with Crippen LogP contribution in [0.5, 0.6) is 0 Å². The molecule has 0 unspecified atom stereocenters. The van der Waals surface area contributed by atoms with Gasteiger partial charge in [0.2, 0.25) is 0 Å². The Labute approximate surface area is 142 Å². The van der Waals surface area contributed by atoms with Crippen LogP contribution in [0.25, 0.3) is 0 Å². The number of nitrogens with zero attached hydrogens (tertiary/aromatic N) is 3. The first-order valence-electron chi connectivity index (χ1n) is 6.63. The second-order valence-corrected chi connectivity index (χ2v) is 5.44. The van der Waals surface area contributed by atoms with E-state index in [1.54, 1.807) is 30.6 Å². The summed E-state index contributed by atoms with van der Waals surface area (Å²) in [6.45, 7) is 0. The molecule has 0 spiro atoms.